The molecule has 1 heterocycles. The van der Waals surface area contributed by atoms with Gasteiger partial charge in [0.2, 0.25) is 0 Å². The molecule has 0 atom stereocenters. The van der Waals surface area contributed by atoms with E-state index in [1.165, 1.54) is 10.8 Å². The molecular weight excluding hydrogens is 132 g/mol. The van der Waals surface area contributed by atoms with Crippen molar-refractivity contribution in [2.24, 2.45) is 12.8 Å². The molecule has 54 valence electrons. The first-order valence-corrected chi connectivity index (χ1v) is 2.75. The van der Waals surface area contributed by atoms with E-state index in [-0.39, 0.29) is 11.5 Å². The first kappa shape index (κ1) is 6.60. The van der Waals surface area contributed by atoms with Gasteiger partial charge in [0.05, 0.1) is 0 Å². The number of H-pyrrole nitrogens is 1. The van der Waals surface area contributed by atoms with Crippen LogP contribution in [0.25, 0.3) is 0 Å². The second-order valence-corrected chi connectivity index (χ2v) is 2.04. The number of imidazole rings is 1. The molecule has 0 bridgehead atoms. The number of rotatable bonds is 1. The van der Waals surface area contributed by atoms with Crippen molar-refractivity contribution in [1.29, 1.82) is 0 Å². The second-order valence-electron chi connectivity index (χ2n) is 2.04. The zero-order chi connectivity index (χ0) is 7.72. The molecule has 0 aromatic carbocycles. The summed E-state index contributed by atoms with van der Waals surface area (Å²) in [6.45, 7) is 0. The number of hydrogen-bond donors (Lipinski definition) is 3. The maximum Gasteiger partial charge on any atom is 0.325 e. The van der Waals surface area contributed by atoms with Gasteiger partial charge in [0.25, 0.3) is 5.84 Å². The van der Waals surface area contributed by atoms with E-state index in [1.807, 2.05) is 0 Å². The molecule has 5 nitrogen and oxygen atoms in total. The van der Waals surface area contributed by atoms with Crippen molar-refractivity contribution >= 4 is 5.84 Å². The molecule has 1 aromatic heterocycles. The van der Waals surface area contributed by atoms with Crippen LogP contribution in [0.15, 0.2) is 11.0 Å². The van der Waals surface area contributed by atoms with Gasteiger partial charge in [-0.15, -0.1) is 0 Å². The van der Waals surface area contributed by atoms with Crippen molar-refractivity contribution in [3.05, 3.63) is 22.4 Å². The Hall–Kier alpha value is -1.52. The van der Waals surface area contributed by atoms with E-state index in [4.69, 9.17) is 11.1 Å². The van der Waals surface area contributed by atoms with Crippen LogP contribution >= 0.6 is 0 Å². The SMILES string of the molecule is Cn1cc(C(N)=[NH2+])[nH]c1=O. The fourth-order valence-corrected chi connectivity index (χ4v) is 0.635. The van der Waals surface area contributed by atoms with Gasteiger partial charge in [-0.2, -0.15) is 0 Å². The molecule has 1 rings (SSSR count). The van der Waals surface area contributed by atoms with E-state index in [0.717, 1.165) is 0 Å². The number of amidine groups is 1. The number of nitrogens with one attached hydrogen (secondary N) is 1. The second kappa shape index (κ2) is 2.02. The number of hydrogen-bond acceptors (Lipinski definition) is 1. The summed E-state index contributed by atoms with van der Waals surface area (Å²) in [5.41, 5.74) is 5.45. The predicted molar refractivity (Wildman–Crippen MR) is 36.3 cm³/mol. The lowest BCUT2D eigenvalue weighted by Crippen LogP contribution is -2.46. The minimum atomic E-state index is -0.219. The van der Waals surface area contributed by atoms with Gasteiger partial charge < -0.3 is 4.57 Å². The molecule has 0 aliphatic carbocycles. The Morgan fingerprint density at radius 1 is 1.90 bits per heavy atom. The van der Waals surface area contributed by atoms with Crippen LogP contribution in [0.4, 0.5) is 0 Å². The average Bonchev–Trinajstić information content (AvgIpc) is 2.13. The first-order chi connectivity index (χ1) is 4.61. The minimum Gasteiger partial charge on any atom is -0.302 e. The highest BCUT2D eigenvalue weighted by molar-refractivity contribution is 5.90. The van der Waals surface area contributed by atoms with Gasteiger partial charge in [-0.3, -0.25) is 16.1 Å². The summed E-state index contributed by atoms with van der Waals surface area (Å²) in [4.78, 5) is 13.2. The van der Waals surface area contributed by atoms with Crippen molar-refractivity contribution in [2.75, 3.05) is 0 Å². The Morgan fingerprint density at radius 2 is 2.50 bits per heavy atom. The van der Waals surface area contributed by atoms with Gasteiger partial charge in [-0.25, -0.2) is 4.79 Å². The molecule has 1 aromatic rings. The fraction of sp³-hybridized carbons (Fsp3) is 0.200. The Labute approximate surface area is 57.0 Å². The topological polar surface area (TPSA) is 89.4 Å². The molecular formula is C5H9N4O+. The summed E-state index contributed by atoms with van der Waals surface area (Å²) in [7, 11) is 1.62. The third-order valence-electron chi connectivity index (χ3n) is 1.20. The third kappa shape index (κ3) is 0.928. The fourth-order valence-electron chi connectivity index (χ4n) is 0.635. The number of aromatic nitrogens is 2. The van der Waals surface area contributed by atoms with Crippen molar-refractivity contribution < 1.29 is 5.41 Å². The molecule has 0 unspecified atom stereocenters. The van der Waals surface area contributed by atoms with Crippen LogP contribution in [0.2, 0.25) is 0 Å². The molecule has 5 N–H and O–H groups in total. The van der Waals surface area contributed by atoms with E-state index in [2.05, 4.69) is 4.98 Å². The molecule has 0 radical (unpaired) electrons. The van der Waals surface area contributed by atoms with E-state index in [1.54, 1.807) is 7.05 Å². The summed E-state index contributed by atoms with van der Waals surface area (Å²) in [6, 6.07) is 0. The van der Waals surface area contributed by atoms with Crippen molar-refractivity contribution in [2.45, 2.75) is 0 Å². The minimum absolute atomic E-state index is 0.123. The highest BCUT2D eigenvalue weighted by Crippen LogP contribution is 1.83. The Kier molecular flexibility index (Phi) is 1.33. The number of aromatic amines is 1. The Bertz CT molecular complexity index is 308. The highest BCUT2D eigenvalue weighted by atomic mass is 16.1. The van der Waals surface area contributed by atoms with Crippen LogP contribution in [-0.4, -0.2) is 15.4 Å². The van der Waals surface area contributed by atoms with Crippen LogP contribution in [0.5, 0.6) is 0 Å². The normalized spacial score (nSPS) is 9.70. The largest absolute Gasteiger partial charge is 0.325 e. The predicted octanol–water partition coefficient (Wildman–Crippen LogP) is -2.82. The summed E-state index contributed by atoms with van der Waals surface area (Å²) in [6.07, 6.45) is 1.54. The van der Waals surface area contributed by atoms with E-state index in [9.17, 15) is 4.79 Å². The first-order valence-electron chi connectivity index (χ1n) is 2.75. The molecule has 0 saturated heterocycles. The van der Waals surface area contributed by atoms with Crippen molar-refractivity contribution in [3.63, 3.8) is 0 Å². The quantitative estimate of drug-likeness (QED) is 0.291. The van der Waals surface area contributed by atoms with Crippen LogP contribution in [0.1, 0.15) is 5.69 Å². The maximum atomic E-state index is 10.7. The Balaban J connectivity index is 3.23. The van der Waals surface area contributed by atoms with Gasteiger partial charge in [0.15, 0.2) is 0 Å². The molecule has 10 heavy (non-hydrogen) atoms. The monoisotopic (exact) mass is 141 g/mol. The standard InChI is InChI=1S/C5H8N4O/c1-9-2-3(4(6)7)8-5(9)10/h2H,1H3,(H3,6,7)(H,8,10)/p+1. The van der Waals surface area contributed by atoms with Gasteiger partial charge in [0.1, 0.15) is 5.69 Å². The average molecular weight is 141 g/mol. The number of nitrogens with zero attached hydrogens (tertiary/aromatic N) is 1. The maximum absolute atomic E-state index is 10.7. The molecule has 0 aliphatic rings. The lowest BCUT2D eigenvalue weighted by Gasteiger charge is -1.80. The van der Waals surface area contributed by atoms with Gasteiger partial charge in [-0.1, -0.05) is 0 Å². The van der Waals surface area contributed by atoms with Gasteiger partial charge in [0, 0.05) is 13.2 Å². The lowest BCUT2D eigenvalue weighted by molar-refractivity contribution is -0.114. The summed E-state index contributed by atoms with van der Waals surface area (Å²) < 4.78 is 1.37. The zero-order valence-corrected chi connectivity index (χ0v) is 5.59. The van der Waals surface area contributed by atoms with Crippen LogP contribution in [0.3, 0.4) is 0 Å². The summed E-state index contributed by atoms with van der Waals surface area (Å²) in [5, 5.41) is 5.21. The number of nitrogens with two attached hydrogens (primary N) is 2. The molecule has 0 amide bonds. The third-order valence-corrected chi connectivity index (χ3v) is 1.20. The Morgan fingerprint density at radius 3 is 2.70 bits per heavy atom. The molecule has 0 saturated carbocycles. The highest BCUT2D eigenvalue weighted by Gasteiger charge is 2.04. The van der Waals surface area contributed by atoms with E-state index < -0.39 is 0 Å². The van der Waals surface area contributed by atoms with E-state index >= 15 is 0 Å². The van der Waals surface area contributed by atoms with E-state index in [0.29, 0.717) is 5.69 Å². The molecule has 0 spiro atoms. The molecule has 0 fully saturated rings. The summed E-state index contributed by atoms with van der Waals surface area (Å²) >= 11 is 0. The van der Waals surface area contributed by atoms with Crippen molar-refractivity contribution in [1.82, 2.24) is 9.55 Å². The zero-order valence-electron chi connectivity index (χ0n) is 5.59. The lowest BCUT2D eigenvalue weighted by atomic mass is 10.4. The molecule has 5 heteroatoms. The number of aryl methyl sites for hydroxylation is 1. The van der Waals surface area contributed by atoms with Gasteiger partial charge in [-0.05, 0) is 0 Å². The van der Waals surface area contributed by atoms with Crippen LogP contribution < -0.4 is 16.8 Å². The smallest absolute Gasteiger partial charge is 0.302 e. The van der Waals surface area contributed by atoms with Crippen molar-refractivity contribution in [3.8, 4) is 0 Å². The van der Waals surface area contributed by atoms with Gasteiger partial charge >= 0.3 is 5.69 Å². The van der Waals surface area contributed by atoms with Crippen LogP contribution in [0, 0.1) is 0 Å². The summed E-state index contributed by atoms with van der Waals surface area (Å²) in [5.74, 6) is 0.123. The van der Waals surface area contributed by atoms with Crippen LogP contribution in [-0.2, 0) is 7.05 Å². The molecule has 0 aliphatic heterocycles.